The molecule has 0 heterocycles. The van der Waals surface area contributed by atoms with Crippen LogP contribution in [0.15, 0.2) is 24.3 Å². The largest absolute Gasteiger partial charge is 0.328 e. The van der Waals surface area contributed by atoms with Crippen molar-refractivity contribution in [3.05, 3.63) is 34.9 Å². The first-order valence-corrected chi connectivity index (χ1v) is 5.79. The van der Waals surface area contributed by atoms with E-state index in [0.717, 1.165) is 10.8 Å². The molecule has 1 aromatic rings. The first-order valence-electron chi connectivity index (χ1n) is 3.92. The molecule has 1 rings (SSSR count). The fraction of sp³-hybridized carbons (Fsp3) is 0.333. The maximum atomic E-state index is 5.86. The number of halogens is 2. The molecule has 0 aromatic heterocycles. The Balaban J connectivity index is 2.41. The lowest BCUT2D eigenvalue weighted by molar-refractivity contribution is 1.09. The highest BCUT2D eigenvalue weighted by Crippen LogP contribution is 2.20. The molecule has 4 heteroatoms. The van der Waals surface area contributed by atoms with E-state index in [1.54, 1.807) is 11.8 Å². The summed E-state index contributed by atoms with van der Waals surface area (Å²) in [6.45, 7) is 0.500. The lowest BCUT2D eigenvalue weighted by atomic mass is 10.2. The number of benzene rings is 1. The van der Waals surface area contributed by atoms with Gasteiger partial charge in [-0.25, -0.2) is 0 Å². The Bertz CT molecular complexity index is 250. The highest BCUT2D eigenvalue weighted by atomic mass is 35.5. The number of rotatable bonds is 4. The molecule has 0 radical (unpaired) electrons. The molecule has 2 N–H and O–H groups in total. The highest BCUT2D eigenvalue weighted by Gasteiger charge is 2.01. The molecular formula is C9H11Cl2NS. The molecule has 0 aliphatic rings. The third-order valence-electron chi connectivity index (χ3n) is 1.53. The van der Waals surface area contributed by atoms with Crippen molar-refractivity contribution < 1.29 is 0 Å². The zero-order chi connectivity index (χ0) is 9.68. The van der Waals surface area contributed by atoms with Gasteiger partial charge in [-0.15, -0.1) is 23.4 Å². The van der Waals surface area contributed by atoms with Crippen molar-refractivity contribution in [2.45, 2.75) is 10.5 Å². The molecule has 0 fully saturated rings. The van der Waals surface area contributed by atoms with Crippen molar-refractivity contribution in [3.63, 3.8) is 0 Å². The Morgan fingerprint density at radius 2 is 1.92 bits per heavy atom. The van der Waals surface area contributed by atoms with E-state index in [-0.39, 0.29) is 4.71 Å². The second-order valence-electron chi connectivity index (χ2n) is 2.58. The monoisotopic (exact) mass is 235 g/mol. The molecule has 0 saturated carbocycles. The van der Waals surface area contributed by atoms with Gasteiger partial charge in [0.05, 0.1) is 4.71 Å². The quantitative estimate of drug-likeness (QED) is 0.813. The van der Waals surface area contributed by atoms with Crippen molar-refractivity contribution >= 4 is 35.0 Å². The van der Waals surface area contributed by atoms with E-state index >= 15 is 0 Å². The van der Waals surface area contributed by atoms with Crippen LogP contribution >= 0.6 is 35.0 Å². The molecule has 1 nitrogen and oxygen atoms in total. The summed E-state index contributed by atoms with van der Waals surface area (Å²) >= 11 is 13.2. The fourth-order valence-electron chi connectivity index (χ4n) is 0.835. The smallest absolute Gasteiger partial charge is 0.0913 e. The average Bonchev–Trinajstić information content (AvgIpc) is 2.16. The van der Waals surface area contributed by atoms with Crippen molar-refractivity contribution in [2.75, 3.05) is 6.54 Å². The Morgan fingerprint density at radius 3 is 2.46 bits per heavy atom. The van der Waals surface area contributed by atoms with E-state index < -0.39 is 0 Å². The summed E-state index contributed by atoms with van der Waals surface area (Å²) in [5.41, 5.74) is 6.60. The second-order valence-corrected chi connectivity index (χ2v) is 5.00. The molecule has 1 atom stereocenters. The minimum Gasteiger partial charge on any atom is -0.328 e. The van der Waals surface area contributed by atoms with Gasteiger partial charge in [0.2, 0.25) is 0 Å². The molecule has 0 bridgehead atoms. The predicted molar refractivity (Wildman–Crippen MR) is 61.4 cm³/mol. The lowest BCUT2D eigenvalue weighted by Crippen LogP contribution is -2.10. The summed E-state index contributed by atoms with van der Waals surface area (Å²) in [5.74, 6) is 0.878. The molecule has 0 amide bonds. The van der Waals surface area contributed by atoms with E-state index in [1.165, 1.54) is 5.56 Å². The maximum Gasteiger partial charge on any atom is 0.0913 e. The van der Waals surface area contributed by atoms with Crippen LogP contribution in [0.5, 0.6) is 0 Å². The van der Waals surface area contributed by atoms with E-state index in [4.69, 9.17) is 28.9 Å². The van der Waals surface area contributed by atoms with Crippen LogP contribution in [0.4, 0.5) is 0 Å². The number of thioether (sulfide) groups is 1. The van der Waals surface area contributed by atoms with E-state index in [2.05, 4.69) is 0 Å². The average molecular weight is 236 g/mol. The van der Waals surface area contributed by atoms with Gasteiger partial charge in [0.15, 0.2) is 0 Å². The molecule has 1 unspecified atom stereocenters. The molecule has 72 valence electrons. The molecule has 1 aromatic carbocycles. The van der Waals surface area contributed by atoms with Gasteiger partial charge < -0.3 is 5.73 Å². The normalized spacial score (nSPS) is 12.8. The first kappa shape index (κ1) is 11.2. The number of hydrogen-bond acceptors (Lipinski definition) is 2. The van der Waals surface area contributed by atoms with Crippen molar-refractivity contribution in [3.8, 4) is 0 Å². The van der Waals surface area contributed by atoms with Crippen LogP contribution in [-0.4, -0.2) is 11.3 Å². The first-order chi connectivity index (χ1) is 6.22. The molecular weight excluding hydrogens is 225 g/mol. The van der Waals surface area contributed by atoms with Gasteiger partial charge in [0, 0.05) is 17.3 Å². The Morgan fingerprint density at radius 1 is 1.31 bits per heavy atom. The molecule has 13 heavy (non-hydrogen) atoms. The second kappa shape index (κ2) is 5.76. The minimum atomic E-state index is -0.00400. The van der Waals surface area contributed by atoms with Gasteiger partial charge in [-0.2, -0.15) is 0 Å². The standard InChI is InChI=1S/C9H11Cl2NS/c10-8-3-1-7(2-4-8)6-13-9(11)5-12/h1-4,9H,5-6,12H2. The summed E-state index contributed by atoms with van der Waals surface area (Å²) in [4.78, 5) is 0. The van der Waals surface area contributed by atoms with Crippen LogP contribution in [-0.2, 0) is 5.75 Å². The van der Waals surface area contributed by atoms with Crippen molar-refractivity contribution in [1.29, 1.82) is 0 Å². The summed E-state index contributed by atoms with van der Waals surface area (Å²) in [6.07, 6.45) is 0. The van der Waals surface area contributed by atoms with Crippen molar-refractivity contribution in [2.24, 2.45) is 5.73 Å². The van der Waals surface area contributed by atoms with Crippen LogP contribution in [0.3, 0.4) is 0 Å². The minimum absolute atomic E-state index is 0.00400. The lowest BCUT2D eigenvalue weighted by Gasteiger charge is -2.05. The third-order valence-corrected chi connectivity index (χ3v) is 3.39. The van der Waals surface area contributed by atoms with Crippen LogP contribution in [0.2, 0.25) is 5.02 Å². The van der Waals surface area contributed by atoms with Gasteiger partial charge in [-0.05, 0) is 17.7 Å². The van der Waals surface area contributed by atoms with Crippen LogP contribution in [0, 0.1) is 0 Å². The zero-order valence-electron chi connectivity index (χ0n) is 7.04. The summed E-state index contributed by atoms with van der Waals surface area (Å²) in [6, 6.07) is 7.75. The van der Waals surface area contributed by atoms with Crippen LogP contribution < -0.4 is 5.73 Å². The van der Waals surface area contributed by atoms with Crippen molar-refractivity contribution in [1.82, 2.24) is 0 Å². The maximum absolute atomic E-state index is 5.86. The summed E-state index contributed by atoms with van der Waals surface area (Å²) in [7, 11) is 0. The fourth-order valence-corrected chi connectivity index (χ4v) is 1.85. The molecule has 0 aliphatic heterocycles. The Kier molecular flexibility index (Phi) is 4.96. The Labute approximate surface area is 92.6 Å². The number of alkyl halides is 1. The van der Waals surface area contributed by atoms with Gasteiger partial charge in [0.25, 0.3) is 0 Å². The molecule has 0 spiro atoms. The summed E-state index contributed by atoms with van der Waals surface area (Å²) in [5, 5.41) is 0.759. The molecule has 0 aliphatic carbocycles. The van der Waals surface area contributed by atoms with Gasteiger partial charge in [0.1, 0.15) is 0 Å². The number of hydrogen-bond donors (Lipinski definition) is 1. The summed E-state index contributed by atoms with van der Waals surface area (Å²) < 4.78 is -0.00400. The van der Waals surface area contributed by atoms with Gasteiger partial charge in [-0.1, -0.05) is 23.7 Å². The third kappa shape index (κ3) is 4.23. The van der Waals surface area contributed by atoms with E-state index in [9.17, 15) is 0 Å². The van der Waals surface area contributed by atoms with Gasteiger partial charge in [-0.3, -0.25) is 0 Å². The van der Waals surface area contributed by atoms with E-state index in [0.29, 0.717) is 6.54 Å². The highest BCUT2D eigenvalue weighted by molar-refractivity contribution is 8.00. The predicted octanol–water partition coefficient (Wildman–Crippen LogP) is 3.10. The molecule has 0 saturated heterocycles. The van der Waals surface area contributed by atoms with Crippen LogP contribution in [0.1, 0.15) is 5.56 Å². The van der Waals surface area contributed by atoms with Crippen LogP contribution in [0.25, 0.3) is 0 Å². The topological polar surface area (TPSA) is 26.0 Å². The SMILES string of the molecule is NCC(Cl)SCc1ccc(Cl)cc1. The Hall–Kier alpha value is 0.110. The van der Waals surface area contributed by atoms with Gasteiger partial charge >= 0.3 is 0 Å². The van der Waals surface area contributed by atoms with E-state index in [1.807, 2.05) is 24.3 Å². The number of nitrogens with two attached hydrogens (primary N) is 1. The zero-order valence-corrected chi connectivity index (χ0v) is 9.37.